The summed E-state index contributed by atoms with van der Waals surface area (Å²) in [7, 11) is 0.975. The predicted octanol–water partition coefficient (Wildman–Crippen LogP) is 3.52. The van der Waals surface area contributed by atoms with Crippen molar-refractivity contribution in [3.8, 4) is 0 Å². The highest BCUT2D eigenvalue weighted by Crippen LogP contribution is 2.36. The molecule has 0 saturated carbocycles. The van der Waals surface area contributed by atoms with E-state index in [0.29, 0.717) is 6.07 Å². The third kappa shape index (κ3) is 3.85. The molecule has 1 rings (SSSR count). The summed E-state index contributed by atoms with van der Waals surface area (Å²) in [5.74, 6) is -1.000. The maximum atomic E-state index is 12.7. The van der Waals surface area contributed by atoms with Crippen LogP contribution >= 0.6 is 15.9 Å². The SMILES string of the molecule is COC(=O)Cc1nc(C(F)F)c(Br)cc1C(F)(F)F. The van der Waals surface area contributed by atoms with Crippen LogP contribution in [0.15, 0.2) is 10.5 Å². The van der Waals surface area contributed by atoms with Gasteiger partial charge in [0.2, 0.25) is 0 Å². The van der Waals surface area contributed by atoms with E-state index < -0.39 is 46.4 Å². The standard InChI is InChI=1S/C10H7BrF5NO2/c1-19-7(18)3-6-4(10(14,15)16)2-5(11)8(17-6)9(12)13/h2,9H,3H2,1H3. The summed E-state index contributed by atoms with van der Waals surface area (Å²) in [6, 6.07) is 0.479. The van der Waals surface area contributed by atoms with Crippen molar-refractivity contribution >= 4 is 21.9 Å². The summed E-state index contributed by atoms with van der Waals surface area (Å²) in [5, 5.41) is 0. The molecule has 0 radical (unpaired) electrons. The number of esters is 1. The maximum Gasteiger partial charge on any atom is 0.418 e. The third-order valence-electron chi connectivity index (χ3n) is 2.13. The zero-order valence-electron chi connectivity index (χ0n) is 9.39. The highest BCUT2D eigenvalue weighted by Gasteiger charge is 2.36. The van der Waals surface area contributed by atoms with E-state index in [4.69, 9.17) is 0 Å². The molecule has 0 aliphatic heterocycles. The Morgan fingerprint density at radius 3 is 2.47 bits per heavy atom. The Balaban J connectivity index is 3.37. The summed E-state index contributed by atoms with van der Waals surface area (Å²) < 4.78 is 67.0. The van der Waals surface area contributed by atoms with Crippen LogP contribution in [0.2, 0.25) is 0 Å². The Morgan fingerprint density at radius 1 is 1.47 bits per heavy atom. The van der Waals surface area contributed by atoms with Gasteiger partial charge in [-0.15, -0.1) is 0 Å². The van der Waals surface area contributed by atoms with Gasteiger partial charge in [0, 0.05) is 4.47 Å². The number of rotatable bonds is 3. The molecule has 0 unspecified atom stereocenters. The number of hydrogen-bond acceptors (Lipinski definition) is 3. The molecule has 0 amide bonds. The van der Waals surface area contributed by atoms with Crippen LogP contribution in [0.4, 0.5) is 22.0 Å². The van der Waals surface area contributed by atoms with E-state index >= 15 is 0 Å². The molecule has 0 saturated heterocycles. The van der Waals surface area contributed by atoms with Crippen LogP contribution in [0.3, 0.4) is 0 Å². The van der Waals surface area contributed by atoms with Crippen LogP contribution in [-0.4, -0.2) is 18.1 Å². The van der Waals surface area contributed by atoms with E-state index in [1.54, 1.807) is 0 Å². The average Bonchev–Trinajstić information content (AvgIpc) is 2.28. The lowest BCUT2D eigenvalue weighted by molar-refractivity contribution is -0.141. The smallest absolute Gasteiger partial charge is 0.418 e. The Morgan fingerprint density at radius 2 is 2.05 bits per heavy atom. The molecule has 1 aromatic heterocycles. The van der Waals surface area contributed by atoms with E-state index in [1.165, 1.54) is 0 Å². The lowest BCUT2D eigenvalue weighted by atomic mass is 10.1. The van der Waals surface area contributed by atoms with Gasteiger partial charge in [-0.2, -0.15) is 13.2 Å². The van der Waals surface area contributed by atoms with E-state index in [-0.39, 0.29) is 0 Å². The lowest BCUT2D eigenvalue weighted by Crippen LogP contribution is -2.16. The first-order chi connectivity index (χ1) is 8.66. The largest absolute Gasteiger partial charge is 0.469 e. The van der Waals surface area contributed by atoms with Crippen molar-refractivity contribution in [2.24, 2.45) is 0 Å². The maximum absolute atomic E-state index is 12.7. The van der Waals surface area contributed by atoms with Gasteiger partial charge in [0.25, 0.3) is 6.43 Å². The number of methoxy groups -OCH3 is 1. The predicted molar refractivity (Wildman–Crippen MR) is 57.6 cm³/mol. The van der Waals surface area contributed by atoms with Crippen molar-refractivity contribution < 1.29 is 31.5 Å². The Labute approximate surface area is 112 Å². The number of carbonyl (C=O) groups excluding carboxylic acids is 1. The van der Waals surface area contributed by atoms with Gasteiger partial charge in [0.05, 0.1) is 24.8 Å². The van der Waals surface area contributed by atoms with E-state index in [9.17, 15) is 26.7 Å². The number of alkyl halides is 5. The summed E-state index contributed by atoms with van der Waals surface area (Å²) >= 11 is 2.60. The molecule has 3 nitrogen and oxygen atoms in total. The van der Waals surface area contributed by atoms with Crippen molar-refractivity contribution in [1.29, 1.82) is 0 Å². The first kappa shape index (κ1) is 15.8. The number of nitrogens with zero attached hydrogens (tertiary/aromatic N) is 1. The molecule has 0 bridgehead atoms. The second-order valence-electron chi connectivity index (χ2n) is 3.40. The topological polar surface area (TPSA) is 39.2 Å². The monoisotopic (exact) mass is 347 g/mol. The highest BCUT2D eigenvalue weighted by molar-refractivity contribution is 9.10. The first-order valence-corrected chi connectivity index (χ1v) is 5.57. The van der Waals surface area contributed by atoms with Gasteiger partial charge in [-0.1, -0.05) is 0 Å². The second-order valence-corrected chi connectivity index (χ2v) is 4.26. The lowest BCUT2D eigenvalue weighted by Gasteiger charge is -2.14. The van der Waals surface area contributed by atoms with Crippen LogP contribution in [0.1, 0.15) is 23.4 Å². The van der Waals surface area contributed by atoms with Crippen LogP contribution < -0.4 is 0 Å². The third-order valence-corrected chi connectivity index (χ3v) is 2.77. The van der Waals surface area contributed by atoms with Gasteiger partial charge in [0.15, 0.2) is 0 Å². The molecular formula is C10H7BrF5NO2. The molecule has 0 aliphatic carbocycles. The van der Waals surface area contributed by atoms with Crippen molar-refractivity contribution in [2.45, 2.75) is 19.0 Å². The van der Waals surface area contributed by atoms with Crippen molar-refractivity contribution in [1.82, 2.24) is 4.98 Å². The molecule has 1 heterocycles. The van der Waals surface area contributed by atoms with Gasteiger partial charge in [-0.3, -0.25) is 4.79 Å². The number of halogens is 6. The number of aromatic nitrogens is 1. The van der Waals surface area contributed by atoms with Crippen LogP contribution in [0, 0.1) is 0 Å². The van der Waals surface area contributed by atoms with Gasteiger partial charge in [-0.25, -0.2) is 13.8 Å². The van der Waals surface area contributed by atoms with Gasteiger partial charge >= 0.3 is 12.1 Å². The summed E-state index contributed by atoms with van der Waals surface area (Å²) in [6.07, 6.45) is -8.70. The molecular weight excluding hydrogens is 341 g/mol. The number of carbonyl (C=O) groups is 1. The minimum Gasteiger partial charge on any atom is -0.469 e. The molecule has 106 valence electrons. The van der Waals surface area contributed by atoms with E-state index in [2.05, 4.69) is 25.7 Å². The second kappa shape index (κ2) is 5.81. The van der Waals surface area contributed by atoms with Crippen molar-refractivity contribution in [2.75, 3.05) is 7.11 Å². The molecule has 1 aromatic rings. The first-order valence-electron chi connectivity index (χ1n) is 4.78. The quantitative estimate of drug-likeness (QED) is 0.620. The number of hydrogen-bond donors (Lipinski definition) is 0. The summed E-state index contributed by atoms with van der Waals surface area (Å²) in [6.45, 7) is 0. The summed E-state index contributed by atoms with van der Waals surface area (Å²) in [4.78, 5) is 14.2. The van der Waals surface area contributed by atoms with Crippen LogP contribution in [0.5, 0.6) is 0 Å². The van der Waals surface area contributed by atoms with Gasteiger partial charge in [0.1, 0.15) is 5.69 Å². The zero-order chi connectivity index (χ0) is 14.8. The molecule has 0 spiro atoms. The number of pyridine rings is 1. The minimum absolute atomic E-state index is 0.469. The highest BCUT2D eigenvalue weighted by atomic mass is 79.9. The van der Waals surface area contributed by atoms with E-state index in [1.807, 2.05) is 0 Å². The van der Waals surface area contributed by atoms with Crippen molar-refractivity contribution in [3.05, 3.63) is 27.5 Å². The summed E-state index contributed by atoms with van der Waals surface area (Å²) in [5.41, 5.74) is -2.90. The fourth-order valence-corrected chi connectivity index (χ4v) is 1.78. The fourth-order valence-electron chi connectivity index (χ4n) is 1.29. The van der Waals surface area contributed by atoms with Crippen LogP contribution in [-0.2, 0) is 22.1 Å². The molecule has 9 heteroatoms. The molecule has 0 aromatic carbocycles. The Kier molecular flexibility index (Phi) is 4.83. The Hall–Kier alpha value is -1.25. The van der Waals surface area contributed by atoms with Gasteiger partial charge in [-0.05, 0) is 22.0 Å². The van der Waals surface area contributed by atoms with E-state index in [0.717, 1.165) is 7.11 Å². The zero-order valence-corrected chi connectivity index (χ0v) is 11.0. The molecule has 0 aliphatic rings. The van der Waals surface area contributed by atoms with Gasteiger partial charge < -0.3 is 4.74 Å². The van der Waals surface area contributed by atoms with Crippen LogP contribution in [0.25, 0.3) is 0 Å². The Bertz CT molecular complexity index is 490. The van der Waals surface area contributed by atoms with Crippen molar-refractivity contribution in [3.63, 3.8) is 0 Å². The molecule has 0 atom stereocenters. The normalized spacial score (nSPS) is 11.8. The molecule has 19 heavy (non-hydrogen) atoms. The molecule has 0 N–H and O–H groups in total. The fraction of sp³-hybridized carbons (Fsp3) is 0.400. The molecule has 0 fully saturated rings. The minimum atomic E-state index is -4.81. The average molecular weight is 348 g/mol. The number of ether oxygens (including phenoxy) is 1.